The van der Waals surface area contributed by atoms with E-state index >= 15 is 0 Å². The van der Waals surface area contributed by atoms with E-state index in [9.17, 15) is 14.7 Å². The number of hydrogen-bond acceptors (Lipinski definition) is 7. The van der Waals surface area contributed by atoms with Gasteiger partial charge in [0.05, 0.1) is 18.7 Å². The maximum Gasteiger partial charge on any atom is 0.301 e. The second-order valence-corrected chi connectivity index (χ2v) is 8.98. The van der Waals surface area contributed by atoms with Crippen molar-refractivity contribution in [3.8, 4) is 5.75 Å². The minimum Gasteiger partial charge on any atom is -0.507 e. The Morgan fingerprint density at radius 1 is 1.06 bits per heavy atom. The Hall–Kier alpha value is -3.52. The molecular formula is C24H23N3O4S. The van der Waals surface area contributed by atoms with Gasteiger partial charge < -0.3 is 9.84 Å². The maximum absolute atomic E-state index is 13.1. The largest absolute Gasteiger partial charge is 0.507 e. The van der Waals surface area contributed by atoms with Crippen LogP contribution in [0.4, 0.5) is 5.13 Å². The summed E-state index contributed by atoms with van der Waals surface area (Å²) in [6.45, 7) is 5.96. The minimum atomic E-state index is -0.814. The predicted molar refractivity (Wildman–Crippen MR) is 123 cm³/mol. The molecule has 8 heteroatoms. The van der Waals surface area contributed by atoms with E-state index in [1.165, 1.54) is 16.2 Å². The fourth-order valence-electron chi connectivity index (χ4n) is 3.70. The van der Waals surface area contributed by atoms with Gasteiger partial charge >= 0.3 is 5.91 Å². The summed E-state index contributed by atoms with van der Waals surface area (Å²) >= 11 is 1.22. The number of carbonyl (C=O) groups excluding carboxylic acids is 2. The fraction of sp³-hybridized carbons (Fsp3) is 0.250. The number of rotatable bonds is 5. The quantitative estimate of drug-likeness (QED) is 0.348. The predicted octanol–water partition coefficient (Wildman–Crippen LogP) is 4.60. The van der Waals surface area contributed by atoms with Gasteiger partial charge in [0.25, 0.3) is 5.78 Å². The lowest BCUT2D eigenvalue weighted by Gasteiger charge is -2.23. The smallest absolute Gasteiger partial charge is 0.301 e. The van der Waals surface area contributed by atoms with Crippen LogP contribution in [0.2, 0.25) is 0 Å². The highest BCUT2D eigenvalue weighted by molar-refractivity contribution is 7.15. The molecule has 1 saturated heterocycles. The zero-order chi connectivity index (χ0) is 23.0. The third-order valence-corrected chi connectivity index (χ3v) is 6.29. The highest BCUT2D eigenvalue weighted by Crippen LogP contribution is 2.43. The van der Waals surface area contributed by atoms with E-state index in [4.69, 9.17) is 4.74 Å². The molecule has 1 amide bonds. The van der Waals surface area contributed by atoms with Crippen LogP contribution in [0.3, 0.4) is 0 Å². The summed E-state index contributed by atoms with van der Waals surface area (Å²) in [5.74, 6) is -0.793. The molecule has 0 bridgehead atoms. The molecule has 0 saturated carbocycles. The first-order chi connectivity index (χ1) is 15.3. The van der Waals surface area contributed by atoms with Crippen molar-refractivity contribution in [2.45, 2.75) is 32.7 Å². The lowest BCUT2D eigenvalue weighted by atomic mass is 9.93. The van der Waals surface area contributed by atoms with E-state index in [1.54, 1.807) is 38.3 Å². The zero-order valence-corrected chi connectivity index (χ0v) is 19.0. The van der Waals surface area contributed by atoms with Crippen molar-refractivity contribution < 1.29 is 19.4 Å². The second kappa shape index (κ2) is 8.55. The summed E-state index contributed by atoms with van der Waals surface area (Å²) in [5, 5.41) is 20.2. The highest BCUT2D eigenvalue weighted by Gasteiger charge is 2.48. The lowest BCUT2D eigenvalue weighted by Crippen LogP contribution is -2.29. The van der Waals surface area contributed by atoms with Crippen LogP contribution in [0, 0.1) is 6.92 Å². The van der Waals surface area contributed by atoms with Crippen molar-refractivity contribution in [3.05, 3.63) is 75.8 Å². The molecule has 0 radical (unpaired) electrons. The van der Waals surface area contributed by atoms with Gasteiger partial charge in [0, 0.05) is 5.56 Å². The van der Waals surface area contributed by atoms with Crippen molar-refractivity contribution in [2.75, 3.05) is 12.0 Å². The summed E-state index contributed by atoms with van der Waals surface area (Å²) in [7, 11) is 1.55. The van der Waals surface area contributed by atoms with E-state index in [1.807, 2.05) is 24.3 Å². The standard InChI is InChI=1S/C24H23N3O4S/c1-13(2)15-5-7-16(8-6-15)20-19(21(28)17-9-11-18(31-4)12-10-17)22(29)23(30)27(20)24-26-25-14(3)32-24/h5-13,20,28H,1-4H3/t20-/m0/s1. The molecule has 1 aromatic heterocycles. The lowest BCUT2D eigenvalue weighted by molar-refractivity contribution is -0.132. The molecule has 1 aliphatic heterocycles. The zero-order valence-electron chi connectivity index (χ0n) is 18.2. The van der Waals surface area contributed by atoms with Crippen molar-refractivity contribution in [1.82, 2.24) is 10.2 Å². The number of nitrogens with zero attached hydrogens (tertiary/aromatic N) is 3. The van der Waals surface area contributed by atoms with Crippen LogP contribution >= 0.6 is 11.3 Å². The van der Waals surface area contributed by atoms with Gasteiger partial charge in [-0.25, -0.2) is 0 Å². The number of Topliss-reactive ketones (excluding diaryl/α,β-unsaturated/α-hetero) is 1. The third kappa shape index (κ3) is 3.78. The van der Waals surface area contributed by atoms with Gasteiger partial charge in [-0.2, -0.15) is 0 Å². The number of amides is 1. The van der Waals surface area contributed by atoms with Gasteiger partial charge in [0.1, 0.15) is 16.5 Å². The number of benzene rings is 2. The fourth-order valence-corrected chi connectivity index (χ4v) is 4.41. The van der Waals surface area contributed by atoms with Gasteiger partial charge in [-0.05, 0) is 48.2 Å². The van der Waals surface area contributed by atoms with E-state index in [-0.39, 0.29) is 11.3 Å². The summed E-state index contributed by atoms with van der Waals surface area (Å²) in [6.07, 6.45) is 0. The van der Waals surface area contributed by atoms with Crippen molar-refractivity contribution in [3.63, 3.8) is 0 Å². The van der Waals surface area contributed by atoms with Gasteiger partial charge in [-0.3, -0.25) is 14.5 Å². The Bertz CT molecular complexity index is 1200. The normalized spacial score (nSPS) is 17.9. The molecule has 0 spiro atoms. The average Bonchev–Trinajstić information content (AvgIpc) is 3.34. The van der Waals surface area contributed by atoms with Gasteiger partial charge in [-0.1, -0.05) is 49.4 Å². The Balaban J connectivity index is 1.89. The van der Waals surface area contributed by atoms with Gasteiger partial charge in [0.15, 0.2) is 0 Å². The van der Waals surface area contributed by atoms with E-state index in [0.717, 1.165) is 5.56 Å². The van der Waals surface area contributed by atoms with Crippen LogP contribution in [-0.2, 0) is 9.59 Å². The first kappa shape index (κ1) is 21.7. The molecular weight excluding hydrogens is 426 g/mol. The summed E-state index contributed by atoms with van der Waals surface area (Å²) in [4.78, 5) is 27.5. The number of aryl methyl sites for hydroxylation is 1. The molecule has 0 unspecified atom stereocenters. The molecule has 164 valence electrons. The number of ketones is 1. The number of anilines is 1. The number of aliphatic hydroxyl groups is 1. The first-order valence-corrected chi connectivity index (χ1v) is 11.0. The number of carbonyl (C=O) groups is 2. The molecule has 1 fully saturated rings. The van der Waals surface area contributed by atoms with Gasteiger partial charge in [-0.15, -0.1) is 10.2 Å². The van der Waals surface area contributed by atoms with E-state index in [0.29, 0.717) is 32.9 Å². The Morgan fingerprint density at radius 2 is 1.72 bits per heavy atom. The molecule has 1 N–H and O–H groups in total. The molecule has 2 aromatic carbocycles. The van der Waals surface area contributed by atoms with E-state index < -0.39 is 17.7 Å². The van der Waals surface area contributed by atoms with Crippen LogP contribution < -0.4 is 9.64 Å². The molecule has 3 aromatic rings. The van der Waals surface area contributed by atoms with Crippen molar-refractivity contribution >= 4 is 33.9 Å². The van der Waals surface area contributed by atoms with Crippen LogP contribution in [-0.4, -0.2) is 34.1 Å². The summed E-state index contributed by atoms with van der Waals surface area (Å²) in [5.41, 5.74) is 2.27. The Morgan fingerprint density at radius 3 is 2.25 bits per heavy atom. The summed E-state index contributed by atoms with van der Waals surface area (Å²) in [6, 6.07) is 13.6. The molecule has 4 rings (SSSR count). The molecule has 7 nitrogen and oxygen atoms in total. The van der Waals surface area contributed by atoms with Crippen LogP contribution in [0.5, 0.6) is 5.75 Å². The number of methoxy groups -OCH3 is 1. The second-order valence-electron chi connectivity index (χ2n) is 7.82. The summed E-state index contributed by atoms with van der Waals surface area (Å²) < 4.78 is 5.17. The van der Waals surface area contributed by atoms with Crippen molar-refractivity contribution in [2.24, 2.45) is 0 Å². The molecule has 32 heavy (non-hydrogen) atoms. The van der Waals surface area contributed by atoms with Crippen LogP contribution in [0.15, 0.2) is 54.1 Å². The minimum absolute atomic E-state index is 0.0188. The monoisotopic (exact) mass is 449 g/mol. The SMILES string of the molecule is COc1ccc(C(O)=C2C(=O)C(=O)N(c3nnc(C)s3)[C@H]2c2ccc(C(C)C)cc2)cc1. The Labute approximate surface area is 190 Å². The molecule has 1 aliphatic rings. The third-order valence-electron chi connectivity index (χ3n) is 5.45. The van der Waals surface area contributed by atoms with Crippen LogP contribution in [0.25, 0.3) is 5.76 Å². The number of aliphatic hydroxyl groups excluding tert-OH is 1. The highest BCUT2D eigenvalue weighted by atomic mass is 32.1. The molecule has 0 aliphatic carbocycles. The van der Waals surface area contributed by atoms with Gasteiger partial charge in [0.2, 0.25) is 5.13 Å². The number of aromatic nitrogens is 2. The van der Waals surface area contributed by atoms with E-state index in [2.05, 4.69) is 24.0 Å². The molecule has 2 heterocycles. The van der Waals surface area contributed by atoms with Crippen molar-refractivity contribution in [1.29, 1.82) is 0 Å². The number of ether oxygens (including phenoxy) is 1. The topological polar surface area (TPSA) is 92.6 Å². The maximum atomic E-state index is 13.1. The molecule has 1 atom stereocenters. The number of hydrogen-bond donors (Lipinski definition) is 1. The Kier molecular flexibility index (Phi) is 5.80. The first-order valence-electron chi connectivity index (χ1n) is 10.2. The average molecular weight is 450 g/mol. The van der Waals surface area contributed by atoms with Crippen LogP contribution in [0.1, 0.15) is 47.5 Å².